The van der Waals surface area contributed by atoms with Crippen molar-refractivity contribution in [1.29, 1.82) is 0 Å². The summed E-state index contributed by atoms with van der Waals surface area (Å²) in [5.41, 5.74) is -0.417. The second kappa shape index (κ2) is 12.2. The van der Waals surface area contributed by atoms with Gasteiger partial charge in [0.05, 0.1) is 34.3 Å². The summed E-state index contributed by atoms with van der Waals surface area (Å²) < 4.78 is 56.6. The van der Waals surface area contributed by atoms with Crippen molar-refractivity contribution < 1.29 is 17.4 Å². The maximum atomic E-state index is 15.5. The van der Waals surface area contributed by atoms with Gasteiger partial charge in [0, 0.05) is 30.1 Å². The van der Waals surface area contributed by atoms with Crippen molar-refractivity contribution in [3.63, 3.8) is 0 Å². The summed E-state index contributed by atoms with van der Waals surface area (Å²) in [6.07, 6.45) is 7.41. The van der Waals surface area contributed by atoms with Crippen LogP contribution in [-0.2, 0) is 17.2 Å². The predicted molar refractivity (Wildman–Crippen MR) is 140 cm³/mol. The van der Waals surface area contributed by atoms with Gasteiger partial charge in [-0.15, -0.1) is 0 Å². The molecular formula is C26H24ClF3N4O2S. The zero-order valence-corrected chi connectivity index (χ0v) is 22.1. The van der Waals surface area contributed by atoms with Crippen LogP contribution < -0.4 is 5.56 Å². The van der Waals surface area contributed by atoms with Crippen molar-refractivity contribution in [3.05, 3.63) is 104 Å². The first-order valence-corrected chi connectivity index (χ1v) is 13.1. The summed E-state index contributed by atoms with van der Waals surface area (Å²) in [4.78, 5) is 24.9. The van der Waals surface area contributed by atoms with Gasteiger partial charge in [0.1, 0.15) is 22.4 Å². The normalized spacial score (nSPS) is 14.3. The van der Waals surface area contributed by atoms with Crippen LogP contribution in [0.3, 0.4) is 0 Å². The number of allylic oxidation sites excluding steroid dienone is 2. The maximum absolute atomic E-state index is 15.5. The van der Waals surface area contributed by atoms with E-state index >= 15 is 8.78 Å². The zero-order chi connectivity index (χ0) is 27.3. The third-order valence-electron chi connectivity index (χ3n) is 5.45. The summed E-state index contributed by atoms with van der Waals surface area (Å²) in [6, 6.07) is 5.73. The molecule has 0 fully saturated rings. The number of halogens is 4. The van der Waals surface area contributed by atoms with Crippen LogP contribution in [0, 0.1) is 18.6 Å². The van der Waals surface area contributed by atoms with Crippen LogP contribution in [0.25, 0.3) is 6.20 Å². The highest BCUT2D eigenvalue weighted by molar-refractivity contribution is 7.84. The fraction of sp³-hybridized carbons (Fsp3) is 0.231. The molecule has 0 aliphatic rings. The summed E-state index contributed by atoms with van der Waals surface area (Å²) in [5.74, 6) is -2.36. The number of aromatic nitrogens is 3. The second-order valence-electron chi connectivity index (χ2n) is 8.16. The number of pyridine rings is 1. The minimum Gasteiger partial charge on any atom is -0.284 e. The van der Waals surface area contributed by atoms with Gasteiger partial charge in [0.25, 0.3) is 5.56 Å². The third-order valence-corrected chi connectivity index (χ3v) is 6.76. The van der Waals surface area contributed by atoms with E-state index < -0.39 is 33.8 Å². The highest BCUT2D eigenvalue weighted by Crippen LogP contribution is 2.26. The molecule has 0 N–H and O–H groups in total. The molecule has 0 saturated carbocycles. The van der Waals surface area contributed by atoms with Crippen molar-refractivity contribution in [2.75, 3.05) is 6.26 Å². The van der Waals surface area contributed by atoms with Crippen LogP contribution in [0.1, 0.15) is 42.4 Å². The van der Waals surface area contributed by atoms with Crippen molar-refractivity contribution in [3.8, 4) is 0 Å². The molecule has 6 nitrogen and oxygen atoms in total. The lowest BCUT2D eigenvalue weighted by molar-refractivity contribution is 0.591. The first-order valence-electron chi connectivity index (χ1n) is 11.1. The molecule has 0 bridgehead atoms. The monoisotopic (exact) mass is 548 g/mol. The van der Waals surface area contributed by atoms with Crippen molar-refractivity contribution in [2.45, 2.75) is 38.0 Å². The Morgan fingerprint density at radius 2 is 1.95 bits per heavy atom. The van der Waals surface area contributed by atoms with E-state index in [1.165, 1.54) is 36.7 Å². The number of hydrogen-bond acceptors (Lipinski definition) is 5. The number of aryl methyl sites for hydroxylation is 1. The van der Waals surface area contributed by atoms with Crippen LogP contribution in [0.4, 0.5) is 13.2 Å². The Hall–Kier alpha value is -3.37. The Balaban J connectivity index is 2.05. The molecule has 37 heavy (non-hydrogen) atoms. The molecule has 2 atom stereocenters. The topological polar surface area (TPSA) is 77.2 Å². The molecule has 0 radical (unpaired) electrons. The van der Waals surface area contributed by atoms with E-state index in [0.717, 1.165) is 23.2 Å². The average Bonchev–Trinajstić information content (AvgIpc) is 2.86. The Morgan fingerprint density at radius 1 is 1.27 bits per heavy atom. The van der Waals surface area contributed by atoms with Crippen LogP contribution >= 0.6 is 11.6 Å². The first-order chi connectivity index (χ1) is 17.5. The molecular weight excluding hydrogens is 525 g/mol. The molecule has 194 valence electrons. The first kappa shape index (κ1) is 28.2. The lowest BCUT2D eigenvalue weighted by Crippen LogP contribution is -2.22. The molecule has 0 aliphatic heterocycles. The maximum Gasteiger partial charge on any atom is 0.273 e. The van der Waals surface area contributed by atoms with Crippen LogP contribution in [0.5, 0.6) is 0 Å². The molecule has 0 spiro atoms. The number of nitrogens with zero attached hydrogens (tertiary/aromatic N) is 4. The van der Waals surface area contributed by atoms with Gasteiger partial charge in [0.15, 0.2) is 11.6 Å². The summed E-state index contributed by atoms with van der Waals surface area (Å²) >= 11 is 6.38. The van der Waals surface area contributed by atoms with Gasteiger partial charge < -0.3 is 0 Å². The number of rotatable bonds is 8. The fourth-order valence-corrected chi connectivity index (χ4v) is 4.56. The SMILES string of the molecule is C/C=C/N=C(/C(F)=C/n1c(C)cc(C(C)Cc2ncc(F)cn2)c(Cl)c1=O)c1cccc(S(C)=O)c1F. The molecule has 0 aliphatic carbocycles. The predicted octanol–water partition coefficient (Wildman–Crippen LogP) is 5.75. The van der Waals surface area contributed by atoms with E-state index in [9.17, 15) is 13.4 Å². The van der Waals surface area contributed by atoms with E-state index in [4.69, 9.17) is 11.6 Å². The lowest BCUT2D eigenvalue weighted by Gasteiger charge is -2.16. The quantitative estimate of drug-likeness (QED) is 0.336. The molecule has 0 saturated heterocycles. The molecule has 3 rings (SSSR count). The summed E-state index contributed by atoms with van der Waals surface area (Å²) in [7, 11) is -1.65. The van der Waals surface area contributed by atoms with E-state index in [2.05, 4.69) is 15.0 Å². The van der Waals surface area contributed by atoms with Gasteiger partial charge in [-0.1, -0.05) is 30.7 Å². The standard InChI is InChI=1S/C26H24ClF3N4O2S/c1-5-9-31-25(18-7-6-8-21(24(18)30)37(4)36)20(29)14-34-16(3)11-19(23(27)26(34)35)15(2)10-22-32-12-17(28)13-33-22/h5-9,11-15H,10H2,1-4H3/b9-5+,20-14-,31-25+. The Labute approximate surface area is 219 Å². The van der Waals surface area contributed by atoms with Gasteiger partial charge in [-0.25, -0.2) is 23.1 Å². The molecule has 0 amide bonds. The molecule has 2 aromatic heterocycles. The van der Waals surface area contributed by atoms with E-state index in [-0.39, 0.29) is 27.1 Å². The Morgan fingerprint density at radius 3 is 2.57 bits per heavy atom. The molecule has 1 aromatic carbocycles. The molecule has 11 heteroatoms. The summed E-state index contributed by atoms with van der Waals surface area (Å²) in [5, 5.41) is -0.134. The van der Waals surface area contributed by atoms with Gasteiger partial charge in [0.2, 0.25) is 0 Å². The highest BCUT2D eigenvalue weighted by Gasteiger charge is 2.21. The van der Waals surface area contributed by atoms with Crippen LogP contribution in [0.2, 0.25) is 5.02 Å². The van der Waals surface area contributed by atoms with Crippen molar-refractivity contribution >= 4 is 34.3 Å². The summed E-state index contributed by atoms with van der Waals surface area (Å²) in [6.45, 7) is 5.06. The largest absolute Gasteiger partial charge is 0.284 e. The van der Waals surface area contributed by atoms with Gasteiger partial charge in [-0.3, -0.25) is 18.6 Å². The van der Waals surface area contributed by atoms with Crippen molar-refractivity contribution in [1.82, 2.24) is 14.5 Å². The van der Waals surface area contributed by atoms with Crippen molar-refractivity contribution in [2.24, 2.45) is 4.99 Å². The highest BCUT2D eigenvalue weighted by atomic mass is 35.5. The Bertz CT molecular complexity index is 1480. The number of aliphatic imine (C=N–C) groups is 1. The van der Waals surface area contributed by atoms with E-state index in [0.29, 0.717) is 23.5 Å². The second-order valence-corrected chi connectivity index (χ2v) is 9.89. The van der Waals surface area contributed by atoms with Gasteiger partial charge >= 0.3 is 0 Å². The lowest BCUT2D eigenvalue weighted by atomic mass is 9.97. The molecule has 3 aromatic rings. The molecule has 2 unspecified atom stereocenters. The van der Waals surface area contributed by atoms with Crippen LogP contribution in [0.15, 0.2) is 69.4 Å². The fourth-order valence-electron chi connectivity index (χ4n) is 3.59. The zero-order valence-electron chi connectivity index (χ0n) is 20.5. The smallest absolute Gasteiger partial charge is 0.273 e. The van der Waals surface area contributed by atoms with E-state index in [1.807, 2.05) is 6.92 Å². The number of hydrogen-bond donors (Lipinski definition) is 0. The Kier molecular flexibility index (Phi) is 9.34. The average molecular weight is 549 g/mol. The van der Waals surface area contributed by atoms with Gasteiger partial charge in [-0.2, -0.15) is 0 Å². The van der Waals surface area contributed by atoms with Gasteiger partial charge in [-0.05, 0) is 43.5 Å². The molecule has 2 heterocycles. The van der Waals surface area contributed by atoms with Crippen LogP contribution in [-0.4, -0.2) is 30.7 Å². The third kappa shape index (κ3) is 6.50. The minimum atomic E-state index is -1.65. The van der Waals surface area contributed by atoms with E-state index in [1.54, 1.807) is 19.9 Å². The minimum absolute atomic E-state index is 0.0988. The number of benzene rings is 1.